The van der Waals surface area contributed by atoms with Crippen molar-refractivity contribution in [2.75, 3.05) is 5.32 Å². The summed E-state index contributed by atoms with van der Waals surface area (Å²) in [5.74, 6) is -0.329. The molecule has 98 valence electrons. The predicted molar refractivity (Wildman–Crippen MR) is 69.6 cm³/mol. The van der Waals surface area contributed by atoms with Crippen LogP contribution in [0, 0.1) is 15.9 Å². The zero-order valence-corrected chi connectivity index (χ0v) is 10.4. The van der Waals surface area contributed by atoms with Gasteiger partial charge in [0.25, 0.3) is 0 Å². The highest BCUT2D eigenvalue weighted by Gasteiger charge is 2.16. The molecule has 19 heavy (non-hydrogen) atoms. The Morgan fingerprint density at radius 3 is 2.84 bits per heavy atom. The second-order valence-electron chi connectivity index (χ2n) is 3.72. The van der Waals surface area contributed by atoms with Crippen LogP contribution in [0.5, 0.6) is 0 Å². The zero-order valence-electron chi connectivity index (χ0n) is 9.64. The third kappa shape index (κ3) is 3.17. The molecule has 0 unspecified atom stereocenters. The number of nitrogens with zero attached hydrogens (tertiary/aromatic N) is 2. The van der Waals surface area contributed by atoms with Crippen LogP contribution >= 0.6 is 11.6 Å². The Kier molecular flexibility index (Phi) is 3.91. The van der Waals surface area contributed by atoms with Crippen molar-refractivity contribution in [3.63, 3.8) is 0 Å². The van der Waals surface area contributed by atoms with Gasteiger partial charge in [0, 0.05) is 24.4 Å². The molecule has 1 N–H and O–H groups in total. The normalized spacial score (nSPS) is 10.2. The molecule has 0 atom stereocenters. The first-order valence-electron chi connectivity index (χ1n) is 5.35. The van der Waals surface area contributed by atoms with E-state index in [0.29, 0.717) is 5.56 Å². The van der Waals surface area contributed by atoms with Gasteiger partial charge in [-0.25, -0.2) is 9.37 Å². The van der Waals surface area contributed by atoms with E-state index >= 15 is 0 Å². The van der Waals surface area contributed by atoms with Crippen molar-refractivity contribution in [3.05, 3.63) is 63.0 Å². The van der Waals surface area contributed by atoms with Crippen molar-refractivity contribution in [2.45, 2.75) is 6.54 Å². The van der Waals surface area contributed by atoms with Gasteiger partial charge in [-0.1, -0.05) is 29.8 Å². The molecule has 0 radical (unpaired) electrons. The predicted octanol–water partition coefficient (Wildman–Crippen LogP) is 3.39. The Hall–Kier alpha value is -2.21. The molecule has 5 nitrogen and oxygen atoms in total. The Morgan fingerprint density at radius 1 is 1.42 bits per heavy atom. The highest BCUT2D eigenvalue weighted by atomic mass is 35.5. The molecule has 0 aliphatic rings. The van der Waals surface area contributed by atoms with Crippen LogP contribution in [0.1, 0.15) is 5.56 Å². The van der Waals surface area contributed by atoms with E-state index in [1.807, 2.05) is 0 Å². The third-order valence-corrected chi connectivity index (χ3v) is 2.64. The average Bonchev–Trinajstić information content (AvgIpc) is 2.38. The van der Waals surface area contributed by atoms with E-state index in [1.54, 1.807) is 18.2 Å². The zero-order chi connectivity index (χ0) is 13.8. The summed E-state index contributed by atoms with van der Waals surface area (Å²) >= 11 is 5.65. The fraction of sp³-hybridized carbons (Fsp3) is 0.0833. The van der Waals surface area contributed by atoms with Crippen molar-refractivity contribution >= 4 is 23.1 Å². The van der Waals surface area contributed by atoms with Gasteiger partial charge >= 0.3 is 5.69 Å². The summed E-state index contributed by atoms with van der Waals surface area (Å²) in [6, 6.07) is 7.36. The topological polar surface area (TPSA) is 68.1 Å². The molecule has 0 spiro atoms. The van der Waals surface area contributed by atoms with Crippen LogP contribution in [-0.2, 0) is 6.54 Å². The van der Waals surface area contributed by atoms with E-state index in [-0.39, 0.29) is 28.9 Å². The number of halogens is 2. The van der Waals surface area contributed by atoms with Gasteiger partial charge in [-0.2, -0.15) is 0 Å². The van der Waals surface area contributed by atoms with Crippen LogP contribution in [0.3, 0.4) is 0 Å². The highest BCUT2D eigenvalue weighted by Crippen LogP contribution is 2.25. The lowest BCUT2D eigenvalue weighted by Gasteiger charge is -2.07. The molecule has 2 rings (SSSR count). The molecule has 0 amide bonds. The summed E-state index contributed by atoms with van der Waals surface area (Å²) in [7, 11) is 0. The monoisotopic (exact) mass is 281 g/mol. The van der Waals surface area contributed by atoms with Crippen LogP contribution in [-0.4, -0.2) is 9.91 Å². The van der Waals surface area contributed by atoms with Crippen LogP contribution in [0.25, 0.3) is 0 Å². The van der Waals surface area contributed by atoms with Gasteiger partial charge < -0.3 is 5.32 Å². The van der Waals surface area contributed by atoms with Crippen molar-refractivity contribution < 1.29 is 9.31 Å². The van der Waals surface area contributed by atoms with Gasteiger partial charge in [0.1, 0.15) is 5.82 Å². The number of hydrogen-bond donors (Lipinski definition) is 1. The average molecular weight is 282 g/mol. The fourth-order valence-corrected chi connectivity index (χ4v) is 1.68. The summed E-state index contributed by atoms with van der Waals surface area (Å²) < 4.78 is 13.4. The number of anilines is 1. The second kappa shape index (κ2) is 5.62. The van der Waals surface area contributed by atoms with Crippen LogP contribution in [0.4, 0.5) is 15.9 Å². The van der Waals surface area contributed by atoms with Crippen LogP contribution < -0.4 is 5.32 Å². The molecule has 0 bridgehead atoms. The van der Waals surface area contributed by atoms with Gasteiger partial charge in [-0.3, -0.25) is 10.1 Å². The van der Waals surface area contributed by atoms with Gasteiger partial charge in [-0.15, -0.1) is 0 Å². The molecule has 2 aromatic rings. The first kappa shape index (κ1) is 13.2. The van der Waals surface area contributed by atoms with Gasteiger partial charge in [-0.05, 0) is 6.07 Å². The molecule has 1 aromatic carbocycles. The number of nitro groups is 1. The van der Waals surface area contributed by atoms with Crippen molar-refractivity contribution in [2.24, 2.45) is 0 Å². The fourth-order valence-electron chi connectivity index (χ4n) is 1.52. The summed E-state index contributed by atoms with van der Waals surface area (Å²) in [6.07, 6.45) is 1.29. The summed E-state index contributed by atoms with van der Waals surface area (Å²) in [5, 5.41) is 13.7. The number of aromatic nitrogens is 1. The molecular formula is C12H9ClFN3O2. The maximum atomic E-state index is 13.4. The summed E-state index contributed by atoms with van der Waals surface area (Å²) in [5.41, 5.74) is 0.150. The number of hydrogen-bond acceptors (Lipinski definition) is 4. The Morgan fingerprint density at radius 2 is 2.16 bits per heavy atom. The molecular weight excluding hydrogens is 273 g/mol. The Labute approximate surface area is 113 Å². The van der Waals surface area contributed by atoms with Crippen LogP contribution in [0.2, 0.25) is 5.02 Å². The van der Waals surface area contributed by atoms with E-state index in [9.17, 15) is 14.5 Å². The van der Waals surface area contributed by atoms with Gasteiger partial charge in [0.2, 0.25) is 5.82 Å². The summed E-state index contributed by atoms with van der Waals surface area (Å²) in [6.45, 7) is 0.0994. The second-order valence-corrected chi connectivity index (χ2v) is 4.16. The molecule has 0 saturated carbocycles. The number of benzene rings is 1. The van der Waals surface area contributed by atoms with E-state index < -0.39 is 4.92 Å². The van der Waals surface area contributed by atoms with Crippen LogP contribution in [0.15, 0.2) is 36.5 Å². The van der Waals surface area contributed by atoms with Crippen molar-refractivity contribution in [1.29, 1.82) is 0 Å². The lowest BCUT2D eigenvalue weighted by Crippen LogP contribution is -2.05. The minimum atomic E-state index is -0.595. The van der Waals surface area contributed by atoms with Gasteiger partial charge in [0.05, 0.1) is 9.95 Å². The maximum Gasteiger partial charge on any atom is 0.312 e. The lowest BCUT2D eigenvalue weighted by molar-refractivity contribution is -0.384. The highest BCUT2D eigenvalue weighted by molar-refractivity contribution is 6.30. The smallest absolute Gasteiger partial charge is 0.312 e. The third-order valence-electron chi connectivity index (χ3n) is 2.44. The first-order chi connectivity index (χ1) is 9.08. The van der Waals surface area contributed by atoms with E-state index in [1.165, 1.54) is 18.3 Å². The van der Waals surface area contributed by atoms with Crippen molar-refractivity contribution in [3.8, 4) is 0 Å². The largest absolute Gasteiger partial charge is 0.360 e. The molecule has 0 saturated heterocycles. The maximum absolute atomic E-state index is 13.4. The molecule has 0 aliphatic heterocycles. The molecule has 1 aromatic heterocycles. The molecule has 1 heterocycles. The first-order valence-corrected chi connectivity index (χ1v) is 5.73. The Balaban J connectivity index is 2.20. The van der Waals surface area contributed by atoms with Crippen molar-refractivity contribution in [1.82, 2.24) is 4.98 Å². The molecule has 0 fully saturated rings. The SMILES string of the molecule is O=[N+]([O-])c1cc(Cl)cnc1NCc1ccccc1F. The minimum absolute atomic E-state index is 0.0534. The number of pyridine rings is 1. The van der Waals surface area contributed by atoms with E-state index in [4.69, 9.17) is 11.6 Å². The van der Waals surface area contributed by atoms with E-state index in [2.05, 4.69) is 10.3 Å². The lowest BCUT2D eigenvalue weighted by atomic mass is 10.2. The summed E-state index contributed by atoms with van der Waals surface area (Å²) in [4.78, 5) is 14.1. The number of rotatable bonds is 4. The standard InChI is InChI=1S/C12H9ClFN3O2/c13-9-5-11(17(18)19)12(16-7-9)15-6-8-3-1-2-4-10(8)14/h1-5,7H,6H2,(H,15,16). The Bertz CT molecular complexity index is 622. The quantitative estimate of drug-likeness (QED) is 0.689. The molecule has 0 aliphatic carbocycles. The van der Waals surface area contributed by atoms with Gasteiger partial charge in [0.15, 0.2) is 0 Å². The molecule has 7 heteroatoms. The number of nitrogens with one attached hydrogen (secondary N) is 1. The van der Waals surface area contributed by atoms with E-state index in [0.717, 1.165) is 0 Å². The minimum Gasteiger partial charge on any atom is -0.360 e.